The maximum Gasteiger partial charge on any atom is 0.251 e. The quantitative estimate of drug-likeness (QED) is 0.826. The lowest BCUT2D eigenvalue weighted by atomic mass is 10.2. The minimum absolute atomic E-state index is 0.171. The van der Waals surface area contributed by atoms with Crippen molar-refractivity contribution in [1.82, 2.24) is 14.8 Å². The van der Waals surface area contributed by atoms with E-state index in [9.17, 15) is 9.90 Å². The molecule has 0 radical (unpaired) electrons. The van der Waals surface area contributed by atoms with Crippen molar-refractivity contribution >= 4 is 5.91 Å². The molecule has 6 heteroatoms. The number of aliphatic hydroxyl groups excluding tert-OH is 1. The van der Waals surface area contributed by atoms with Crippen molar-refractivity contribution in [3.63, 3.8) is 0 Å². The highest BCUT2D eigenvalue weighted by molar-refractivity contribution is 5.94. The molecular formula is C18H23N3O3. The van der Waals surface area contributed by atoms with Gasteiger partial charge in [0, 0.05) is 49.8 Å². The molecule has 3 rings (SSSR count). The number of nitrogens with one attached hydrogen (secondary N) is 1. The molecule has 0 saturated carbocycles. The summed E-state index contributed by atoms with van der Waals surface area (Å²) in [6.45, 7) is 3.85. The second-order valence-electron chi connectivity index (χ2n) is 5.91. The van der Waals surface area contributed by atoms with Crippen molar-refractivity contribution in [3.05, 3.63) is 54.4 Å². The molecule has 1 saturated heterocycles. The molecule has 1 aromatic heterocycles. The van der Waals surface area contributed by atoms with Gasteiger partial charge in [-0.15, -0.1) is 0 Å². The van der Waals surface area contributed by atoms with Crippen molar-refractivity contribution in [1.29, 1.82) is 0 Å². The number of carbonyl (C=O) groups excluding carboxylic acids is 1. The highest BCUT2D eigenvalue weighted by atomic mass is 16.5. The first kappa shape index (κ1) is 16.7. The number of hydrogen-bond acceptors (Lipinski definition) is 4. The zero-order valence-corrected chi connectivity index (χ0v) is 13.6. The van der Waals surface area contributed by atoms with Gasteiger partial charge in [-0.25, -0.2) is 0 Å². The number of β-amino-alcohol motifs (C(OH)–C–C–N with tert-alkyl or cyclic N) is 1. The summed E-state index contributed by atoms with van der Waals surface area (Å²) in [7, 11) is 0. The number of aromatic nitrogens is 1. The molecule has 0 aliphatic carbocycles. The maximum atomic E-state index is 12.2. The van der Waals surface area contributed by atoms with E-state index in [0.29, 0.717) is 25.3 Å². The van der Waals surface area contributed by atoms with Gasteiger partial charge in [0.05, 0.1) is 19.3 Å². The van der Waals surface area contributed by atoms with Crippen LogP contribution in [0.25, 0.3) is 5.69 Å². The molecule has 24 heavy (non-hydrogen) atoms. The zero-order chi connectivity index (χ0) is 16.8. The van der Waals surface area contributed by atoms with Crippen molar-refractivity contribution in [3.8, 4) is 5.69 Å². The Balaban J connectivity index is 1.47. The van der Waals surface area contributed by atoms with Gasteiger partial charge in [-0.05, 0) is 36.4 Å². The third-order valence-electron chi connectivity index (χ3n) is 4.10. The minimum Gasteiger partial charge on any atom is -0.390 e. The summed E-state index contributed by atoms with van der Waals surface area (Å²) in [6, 6.07) is 11.3. The summed E-state index contributed by atoms with van der Waals surface area (Å²) in [4.78, 5) is 14.3. The predicted molar refractivity (Wildman–Crippen MR) is 91.4 cm³/mol. The molecule has 0 bridgehead atoms. The van der Waals surface area contributed by atoms with Gasteiger partial charge in [0.25, 0.3) is 5.91 Å². The molecule has 1 aliphatic rings. The number of nitrogens with zero attached hydrogens (tertiary/aromatic N) is 2. The van der Waals surface area contributed by atoms with E-state index in [0.717, 1.165) is 18.8 Å². The lowest BCUT2D eigenvalue weighted by Crippen LogP contribution is -2.44. The van der Waals surface area contributed by atoms with E-state index in [1.54, 1.807) is 12.1 Å². The van der Waals surface area contributed by atoms with E-state index >= 15 is 0 Å². The van der Waals surface area contributed by atoms with E-state index in [1.165, 1.54) is 0 Å². The Morgan fingerprint density at radius 3 is 2.50 bits per heavy atom. The monoisotopic (exact) mass is 329 g/mol. The van der Waals surface area contributed by atoms with Crippen LogP contribution in [0.1, 0.15) is 10.4 Å². The first-order valence-corrected chi connectivity index (χ1v) is 8.22. The first-order chi connectivity index (χ1) is 11.7. The Morgan fingerprint density at radius 2 is 1.83 bits per heavy atom. The van der Waals surface area contributed by atoms with Crippen LogP contribution in [0.3, 0.4) is 0 Å². The molecule has 1 amide bonds. The second kappa shape index (κ2) is 8.10. The van der Waals surface area contributed by atoms with Gasteiger partial charge in [-0.3, -0.25) is 9.69 Å². The van der Waals surface area contributed by atoms with Crippen LogP contribution in [-0.2, 0) is 4.74 Å². The van der Waals surface area contributed by atoms with Gasteiger partial charge >= 0.3 is 0 Å². The number of hydrogen-bond donors (Lipinski definition) is 2. The largest absolute Gasteiger partial charge is 0.390 e. The van der Waals surface area contributed by atoms with E-state index in [1.807, 2.05) is 41.2 Å². The van der Waals surface area contributed by atoms with Crippen LogP contribution < -0.4 is 5.32 Å². The van der Waals surface area contributed by atoms with Crippen LogP contribution in [0, 0.1) is 0 Å². The Hall–Kier alpha value is -2.15. The summed E-state index contributed by atoms with van der Waals surface area (Å²) in [5, 5.41) is 12.9. The number of rotatable bonds is 6. The van der Waals surface area contributed by atoms with Crippen molar-refractivity contribution < 1.29 is 14.6 Å². The van der Waals surface area contributed by atoms with Crippen LogP contribution >= 0.6 is 0 Å². The number of ether oxygens (including phenoxy) is 1. The Bertz CT molecular complexity index is 634. The number of carbonyl (C=O) groups is 1. The highest BCUT2D eigenvalue weighted by Gasteiger charge is 2.15. The maximum absolute atomic E-state index is 12.2. The van der Waals surface area contributed by atoms with Gasteiger partial charge in [0.1, 0.15) is 0 Å². The molecule has 1 unspecified atom stereocenters. The smallest absolute Gasteiger partial charge is 0.251 e. The number of benzene rings is 1. The fourth-order valence-electron chi connectivity index (χ4n) is 2.75. The molecule has 0 spiro atoms. The van der Waals surface area contributed by atoms with Crippen molar-refractivity contribution in [2.24, 2.45) is 0 Å². The number of morpholine rings is 1. The summed E-state index contributed by atoms with van der Waals surface area (Å²) < 4.78 is 7.26. The summed E-state index contributed by atoms with van der Waals surface area (Å²) >= 11 is 0. The minimum atomic E-state index is -0.578. The molecule has 2 heterocycles. The SMILES string of the molecule is O=C(NCC(O)CN1CCOCC1)c1ccc(-n2cccc2)cc1. The molecular weight excluding hydrogens is 306 g/mol. The topological polar surface area (TPSA) is 66.7 Å². The van der Waals surface area contributed by atoms with Crippen molar-refractivity contribution in [2.75, 3.05) is 39.4 Å². The van der Waals surface area contributed by atoms with Crippen LogP contribution in [0.5, 0.6) is 0 Å². The molecule has 2 N–H and O–H groups in total. The van der Waals surface area contributed by atoms with E-state index in [4.69, 9.17) is 4.74 Å². The standard InChI is InChI=1S/C18H23N3O3/c22-17(14-20-9-11-24-12-10-20)13-19-18(23)15-3-5-16(6-4-15)21-7-1-2-8-21/h1-8,17,22H,9-14H2,(H,19,23). The van der Waals surface area contributed by atoms with Gasteiger partial charge in [-0.2, -0.15) is 0 Å². The number of amides is 1. The molecule has 2 aromatic rings. The highest BCUT2D eigenvalue weighted by Crippen LogP contribution is 2.10. The molecule has 128 valence electrons. The molecule has 1 aromatic carbocycles. The normalized spacial score (nSPS) is 16.7. The average molecular weight is 329 g/mol. The Morgan fingerprint density at radius 1 is 1.17 bits per heavy atom. The molecule has 6 nitrogen and oxygen atoms in total. The first-order valence-electron chi connectivity index (χ1n) is 8.22. The van der Waals surface area contributed by atoms with E-state index < -0.39 is 6.10 Å². The Kier molecular flexibility index (Phi) is 5.63. The number of aliphatic hydroxyl groups is 1. The molecule has 1 aliphatic heterocycles. The lowest BCUT2D eigenvalue weighted by molar-refractivity contribution is 0.0149. The predicted octanol–water partition coefficient (Wildman–Crippen LogP) is 0.900. The molecule has 1 atom stereocenters. The third-order valence-corrected chi connectivity index (χ3v) is 4.10. The van der Waals surface area contributed by atoms with Gasteiger partial charge in [0.2, 0.25) is 0 Å². The zero-order valence-electron chi connectivity index (χ0n) is 13.6. The molecule has 1 fully saturated rings. The van der Waals surface area contributed by atoms with Crippen molar-refractivity contribution in [2.45, 2.75) is 6.10 Å². The van der Waals surface area contributed by atoms with E-state index in [-0.39, 0.29) is 12.5 Å². The van der Waals surface area contributed by atoms with Crippen LogP contribution in [-0.4, -0.2) is 66.0 Å². The van der Waals surface area contributed by atoms with Gasteiger partial charge in [-0.1, -0.05) is 0 Å². The average Bonchev–Trinajstić information content (AvgIpc) is 3.15. The Labute approximate surface area is 141 Å². The van der Waals surface area contributed by atoms with Crippen LogP contribution in [0.15, 0.2) is 48.8 Å². The van der Waals surface area contributed by atoms with Crippen LogP contribution in [0.2, 0.25) is 0 Å². The summed E-state index contributed by atoms with van der Waals surface area (Å²) in [6.07, 6.45) is 3.33. The summed E-state index contributed by atoms with van der Waals surface area (Å²) in [5.74, 6) is -0.171. The summed E-state index contributed by atoms with van der Waals surface area (Å²) in [5.41, 5.74) is 1.59. The van der Waals surface area contributed by atoms with Gasteiger partial charge < -0.3 is 19.7 Å². The fourth-order valence-corrected chi connectivity index (χ4v) is 2.75. The van der Waals surface area contributed by atoms with Gasteiger partial charge in [0.15, 0.2) is 0 Å². The van der Waals surface area contributed by atoms with E-state index in [2.05, 4.69) is 10.2 Å². The third kappa shape index (κ3) is 4.44. The lowest BCUT2D eigenvalue weighted by Gasteiger charge is -2.28. The second-order valence-corrected chi connectivity index (χ2v) is 5.91. The fraction of sp³-hybridized carbons (Fsp3) is 0.389. The van der Waals surface area contributed by atoms with Crippen LogP contribution in [0.4, 0.5) is 0 Å².